The van der Waals surface area contributed by atoms with Gasteiger partial charge in [0.2, 0.25) is 11.8 Å². The van der Waals surface area contributed by atoms with E-state index in [1.165, 1.54) is 30.0 Å². The number of carbonyl (C=O) groups excluding carboxylic acids is 2. The highest BCUT2D eigenvalue weighted by molar-refractivity contribution is 8.00. The summed E-state index contributed by atoms with van der Waals surface area (Å²) in [5.74, 6) is -3.53. The van der Waals surface area contributed by atoms with Gasteiger partial charge in [-0.15, -0.1) is 11.8 Å². The summed E-state index contributed by atoms with van der Waals surface area (Å²) in [6.07, 6.45) is 4.86. The molecule has 6 nitrogen and oxygen atoms in total. The maximum absolute atomic E-state index is 13.3. The molecule has 2 amide bonds. The first kappa shape index (κ1) is 24.8. The lowest BCUT2D eigenvalue weighted by molar-refractivity contribution is -0.146. The second-order valence-electron chi connectivity index (χ2n) is 7.64. The van der Waals surface area contributed by atoms with Gasteiger partial charge < -0.3 is 15.7 Å². The number of aliphatic carboxylic acids is 1. The molecule has 0 spiro atoms. The molecule has 1 aliphatic rings. The van der Waals surface area contributed by atoms with E-state index in [-0.39, 0.29) is 16.8 Å². The van der Waals surface area contributed by atoms with Crippen LogP contribution in [0.15, 0.2) is 59.5 Å². The maximum atomic E-state index is 13.3. The van der Waals surface area contributed by atoms with Crippen molar-refractivity contribution in [3.8, 4) is 0 Å². The first-order chi connectivity index (χ1) is 15.8. The number of hydrogen-bond acceptors (Lipinski definition) is 4. The standard InChI is InChI=1S/C24H24ClFN2O4S/c1-2-21(23(30)28-15-10-11-20(26)19(25)13-15)33-16-7-5-6-14(12-16)27-22(29)17-8-3-4-9-18(17)24(31)32/h3-7,10-13,17-18,21H,2,8-9H2,1H3,(H,27,29)(H,28,30)(H,31,32). The zero-order valence-corrected chi connectivity index (χ0v) is 19.5. The van der Waals surface area contributed by atoms with Gasteiger partial charge in [-0.1, -0.05) is 36.7 Å². The third kappa shape index (κ3) is 6.58. The van der Waals surface area contributed by atoms with Gasteiger partial charge in [-0.05, 0) is 55.7 Å². The Bertz CT molecular complexity index is 1080. The number of allylic oxidation sites excluding steroid dienone is 2. The van der Waals surface area contributed by atoms with Crippen LogP contribution in [-0.4, -0.2) is 28.1 Å². The van der Waals surface area contributed by atoms with Crippen molar-refractivity contribution in [1.82, 2.24) is 0 Å². The summed E-state index contributed by atoms with van der Waals surface area (Å²) in [6, 6.07) is 11.0. The van der Waals surface area contributed by atoms with Gasteiger partial charge in [0, 0.05) is 16.3 Å². The molecule has 33 heavy (non-hydrogen) atoms. The second-order valence-corrected chi connectivity index (χ2v) is 9.33. The third-order valence-corrected chi connectivity index (χ3v) is 6.96. The summed E-state index contributed by atoms with van der Waals surface area (Å²) < 4.78 is 13.3. The highest BCUT2D eigenvalue weighted by Gasteiger charge is 2.34. The number of halogens is 2. The van der Waals surface area contributed by atoms with Crippen molar-refractivity contribution in [2.24, 2.45) is 11.8 Å². The lowest BCUT2D eigenvalue weighted by Crippen LogP contribution is -2.34. The number of carboxylic acid groups (broad SMARTS) is 1. The lowest BCUT2D eigenvalue weighted by atomic mass is 9.82. The van der Waals surface area contributed by atoms with Gasteiger partial charge in [0.15, 0.2) is 0 Å². The van der Waals surface area contributed by atoms with E-state index in [2.05, 4.69) is 10.6 Å². The molecule has 3 atom stereocenters. The predicted molar refractivity (Wildman–Crippen MR) is 128 cm³/mol. The number of carbonyl (C=O) groups is 3. The summed E-state index contributed by atoms with van der Waals surface area (Å²) in [5, 5.41) is 14.4. The molecule has 0 saturated carbocycles. The zero-order valence-electron chi connectivity index (χ0n) is 17.9. The van der Waals surface area contributed by atoms with Gasteiger partial charge in [-0.2, -0.15) is 0 Å². The van der Waals surface area contributed by atoms with Crippen molar-refractivity contribution in [1.29, 1.82) is 0 Å². The predicted octanol–water partition coefficient (Wildman–Crippen LogP) is 5.59. The molecule has 0 saturated heterocycles. The topological polar surface area (TPSA) is 95.5 Å². The average Bonchev–Trinajstić information content (AvgIpc) is 2.80. The van der Waals surface area contributed by atoms with E-state index in [1.54, 1.807) is 24.3 Å². The van der Waals surface area contributed by atoms with Crippen LogP contribution in [0.2, 0.25) is 5.02 Å². The molecular weight excluding hydrogens is 467 g/mol. The molecule has 1 aliphatic carbocycles. The summed E-state index contributed by atoms with van der Waals surface area (Å²) in [4.78, 5) is 37.7. The Kier molecular flexibility index (Phi) is 8.52. The molecule has 2 aromatic rings. The quantitative estimate of drug-likeness (QED) is 0.331. The summed E-state index contributed by atoms with van der Waals surface area (Å²) in [6.45, 7) is 1.88. The number of benzene rings is 2. The molecule has 0 heterocycles. The monoisotopic (exact) mass is 490 g/mol. The normalized spacial score (nSPS) is 18.4. The van der Waals surface area contributed by atoms with E-state index >= 15 is 0 Å². The van der Waals surface area contributed by atoms with Crippen LogP contribution in [0.3, 0.4) is 0 Å². The Morgan fingerprint density at radius 1 is 1.09 bits per heavy atom. The molecule has 0 aromatic heterocycles. The smallest absolute Gasteiger partial charge is 0.307 e. The van der Waals surface area contributed by atoms with Crippen LogP contribution in [0.4, 0.5) is 15.8 Å². The SMILES string of the molecule is CCC(Sc1cccc(NC(=O)C2CC=CCC2C(=O)O)c1)C(=O)Nc1ccc(F)c(Cl)c1. The molecule has 174 valence electrons. The number of rotatable bonds is 8. The minimum atomic E-state index is -0.983. The molecule has 2 aromatic carbocycles. The van der Waals surface area contributed by atoms with E-state index in [1.807, 2.05) is 19.1 Å². The fourth-order valence-corrected chi connectivity index (χ4v) is 4.74. The van der Waals surface area contributed by atoms with E-state index in [0.717, 1.165) is 4.90 Å². The van der Waals surface area contributed by atoms with Crippen molar-refractivity contribution >= 4 is 52.5 Å². The van der Waals surface area contributed by atoms with Gasteiger partial charge in [-0.3, -0.25) is 14.4 Å². The molecule has 3 unspecified atom stereocenters. The van der Waals surface area contributed by atoms with Crippen LogP contribution in [-0.2, 0) is 14.4 Å². The van der Waals surface area contributed by atoms with Crippen molar-refractivity contribution in [3.05, 3.63) is 65.5 Å². The Hall–Kier alpha value is -2.84. The van der Waals surface area contributed by atoms with Crippen LogP contribution in [0.5, 0.6) is 0 Å². The van der Waals surface area contributed by atoms with Crippen LogP contribution >= 0.6 is 23.4 Å². The Labute approximate surface area is 200 Å². The number of anilines is 2. The van der Waals surface area contributed by atoms with Gasteiger partial charge >= 0.3 is 5.97 Å². The molecule has 0 bridgehead atoms. The van der Waals surface area contributed by atoms with E-state index in [9.17, 15) is 23.9 Å². The number of amides is 2. The largest absolute Gasteiger partial charge is 0.481 e. The maximum Gasteiger partial charge on any atom is 0.307 e. The Morgan fingerprint density at radius 2 is 1.79 bits per heavy atom. The molecule has 0 aliphatic heterocycles. The van der Waals surface area contributed by atoms with Crippen LogP contribution < -0.4 is 10.6 Å². The number of carboxylic acids is 1. The van der Waals surface area contributed by atoms with E-state index in [4.69, 9.17) is 11.6 Å². The first-order valence-electron chi connectivity index (χ1n) is 10.5. The summed E-state index contributed by atoms with van der Waals surface area (Å²) in [7, 11) is 0. The van der Waals surface area contributed by atoms with Gasteiger partial charge in [0.25, 0.3) is 0 Å². The molecule has 9 heteroatoms. The minimum absolute atomic E-state index is 0.0736. The molecule has 0 radical (unpaired) electrons. The van der Waals surface area contributed by atoms with Crippen LogP contribution in [0, 0.1) is 17.7 Å². The molecule has 3 rings (SSSR count). The van der Waals surface area contributed by atoms with Crippen LogP contribution in [0.25, 0.3) is 0 Å². The Balaban J connectivity index is 1.65. The molecule has 3 N–H and O–H groups in total. The fraction of sp³-hybridized carbons (Fsp3) is 0.292. The van der Waals surface area contributed by atoms with Crippen molar-refractivity contribution in [3.63, 3.8) is 0 Å². The second kappa shape index (κ2) is 11.3. The summed E-state index contributed by atoms with van der Waals surface area (Å²) in [5.41, 5.74) is 0.935. The Morgan fingerprint density at radius 3 is 2.45 bits per heavy atom. The number of hydrogen-bond donors (Lipinski definition) is 3. The van der Waals surface area contributed by atoms with Gasteiger partial charge in [-0.25, -0.2) is 4.39 Å². The van der Waals surface area contributed by atoms with Crippen molar-refractivity contribution < 1.29 is 23.9 Å². The fourth-order valence-electron chi connectivity index (χ4n) is 3.54. The van der Waals surface area contributed by atoms with E-state index < -0.39 is 28.9 Å². The third-order valence-electron chi connectivity index (χ3n) is 5.32. The van der Waals surface area contributed by atoms with Gasteiger partial charge in [0.05, 0.1) is 22.1 Å². The highest BCUT2D eigenvalue weighted by atomic mass is 35.5. The molecule has 0 fully saturated rings. The lowest BCUT2D eigenvalue weighted by Gasteiger charge is -2.24. The highest BCUT2D eigenvalue weighted by Crippen LogP contribution is 2.31. The molecular formula is C24H24ClFN2O4S. The van der Waals surface area contributed by atoms with E-state index in [0.29, 0.717) is 30.6 Å². The van der Waals surface area contributed by atoms with Crippen LogP contribution in [0.1, 0.15) is 26.2 Å². The zero-order chi connectivity index (χ0) is 24.0. The first-order valence-corrected chi connectivity index (χ1v) is 11.8. The average molecular weight is 491 g/mol. The minimum Gasteiger partial charge on any atom is -0.481 e. The van der Waals surface area contributed by atoms with Crippen molar-refractivity contribution in [2.75, 3.05) is 10.6 Å². The summed E-state index contributed by atoms with van der Waals surface area (Å²) >= 11 is 7.11. The number of thioether (sulfide) groups is 1. The number of nitrogens with one attached hydrogen (secondary N) is 2. The van der Waals surface area contributed by atoms with Crippen molar-refractivity contribution in [2.45, 2.75) is 36.3 Å². The van der Waals surface area contributed by atoms with Gasteiger partial charge in [0.1, 0.15) is 5.82 Å².